The van der Waals surface area contributed by atoms with Crippen molar-refractivity contribution in [2.45, 2.75) is 20.8 Å². The molecule has 0 unspecified atom stereocenters. The summed E-state index contributed by atoms with van der Waals surface area (Å²) in [6.07, 6.45) is 8.05. The van der Waals surface area contributed by atoms with E-state index >= 15 is 0 Å². The average molecular weight is 328 g/mol. The average Bonchev–Trinajstić information content (AvgIpc) is 2.84. The Morgan fingerprint density at radius 1 is 1.30 bits per heavy atom. The highest BCUT2D eigenvalue weighted by Crippen LogP contribution is 2.36. The lowest BCUT2D eigenvalue weighted by Gasteiger charge is -2.18. The second kappa shape index (κ2) is 7.53. The van der Waals surface area contributed by atoms with Crippen LogP contribution in [0.25, 0.3) is 21.9 Å². The van der Waals surface area contributed by atoms with Crippen LogP contribution in [-0.4, -0.2) is 30.1 Å². The molecule has 0 saturated heterocycles. The van der Waals surface area contributed by atoms with Crippen LogP contribution >= 0.6 is 11.3 Å². The zero-order chi connectivity index (χ0) is 17.0. The summed E-state index contributed by atoms with van der Waals surface area (Å²) in [6.45, 7) is 11.5. The minimum atomic E-state index is 0.583. The lowest BCUT2D eigenvalue weighted by atomic mass is 10.2. The molecule has 0 saturated carbocycles. The summed E-state index contributed by atoms with van der Waals surface area (Å²) in [5, 5.41) is 0. The van der Waals surface area contributed by atoms with Gasteiger partial charge in [-0.2, -0.15) is 0 Å². The highest BCUT2D eigenvalue weighted by Gasteiger charge is 2.17. The molecule has 0 bridgehead atoms. The Balaban J connectivity index is 2.73. The number of rotatable bonds is 6. The van der Waals surface area contributed by atoms with Gasteiger partial charge in [0.1, 0.15) is 0 Å². The summed E-state index contributed by atoms with van der Waals surface area (Å²) in [6, 6.07) is 0. The maximum atomic E-state index is 5.72. The van der Waals surface area contributed by atoms with Gasteiger partial charge in [0.05, 0.1) is 10.2 Å². The Bertz CT molecular complexity index is 771. The monoisotopic (exact) mass is 328 g/mol. The molecule has 0 aliphatic carbocycles. The quantitative estimate of drug-likeness (QED) is 0.814. The predicted molar refractivity (Wildman–Crippen MR) is 103 cm³/mol. The van der Waals surface area contributed by atoms with Crippen molar-refractivity contribution in [3.8, 4) is 0 Å². The molecule has 2 N–H and O–H groups in total. The van der Waals surface area contributed by atoms with Crippen LogP contribution in [0.3, 0.4) is 0 Å². The number of hydrogen-bond acceptors (Lipinski definition) is 5. The molecule has 4 nitrogen and oxygen atoms in total. The van der Waals surface area contributed by atoms with Crippen LogP contribution in [-0.2, 0) is 0 Å². The third-order valence-electron chi connectivity index (χ3n) is 3.58. The molecule has 0 radical (unpaired) electrons. The van der Waals surface area contributed by atoms with Gasteiger partial charge >= 0.3 is 0 Å². The minimum absolute atomic E-state index is 0.583. The van der Waals surface area contributed by atoms with Crippen molar-refractivity contribution >= 4 is 39.0 Å². The van der Waals surface area contributed by atoms with Crippen LogP contribution in [0.2, 0.25) is 0 Å². The van der Waals surface area contributed by atoms with E-state index in [1.54, 1.807) is 11.3 Å². The number of fused-ring (bicyclic) bond motifs is 1. The van der Waals surface area contributed by atoms with Crippen LogP contribution < -0.4 is 10.6 Å². The van der Waals surface area contributed by atoms with Crippen molar-refractivity contribution in [2.24, 2.45) is 5.73 Å². The molecule has 0 aliphatic heterocycles. The smallest absolute Gasteiger partial charge is 0.161 e. The first-order valence-corrected chi connectivity index (χ1v) is 8.52. The highest BCUT2D eigenvalue weighted by molar-refractivity contribution is 7.20. The van der Waals surface area contributed by atoms with E-state index in [0.29, 0.717) is 12.4 Å². The first-order chi connectivity index (χ1) is 11.0. The number of anilines is 1. The van der Waals surface area contributed by atoms with Crippen molar-refractivity contribution in [1.29, 1.82) is 0 Å². The molecular formula is C18H24N4S. The Morgan fingerprint density at radius 2 is 2.04 bits per heavy atom. The Kier molecular flexibility index (Phi) is 5.69. The van der Waals surface area contributed by atoms with Gasteiger partial charge in [0.2, 0.25) is 0 Å². The molecule has 23 heavy (non-hydrogen) atoms. The molecule has 2 heterocycles. The van der Waals surface area contributed by atoms with E-state index in [2.05, 4.69) is 24.5 Å². The molecule has 0 amide bonds. The molecule has 2 rings (SSSR count). The molecule has 0 spiro atoms. The van der Waals surface area contributed by atoms with Crippen molar-refractivity contribution in [3.05, 3.63) is 41.1 Å². The van der Waals surface area contributed by atoms with E-state index in [-0.39, 0.29) is 0 Å². The van der Waals surface area contributed by atoms with Crippen LogP contribution in [0, 0.1) is 6.92 Å². The zero-order valence-electron chi connectivity index (χ0n) is 14.3. The second-order valence-corrected chi connectivity index (χ2v) is 6.43. The van der Waals surface area contributed by atoms with E-state index < -0.39 is 0 Å². The van der Waals surface area contributed by atoms with Crippen LogP contribution in [0.1, 0.15) is 30.1 Å². The van der Waals surface area contributed by atoms with Gasteiger partial charge in [0, 0.05) is 30.6 Å². The summed E-state index contributed by atoms with van der Waals surface area (Å²) in [5.41, 5.74) is 8.71. The van der Waals surface area contributed by atoms with Crippen LogP contribution in [0.15, 0.2) is 24.8 Å². The molecule has 2 aromatic rings. The Labute approximate surface area is 142 Å². The number of nitrogens with zero attached hydrogens (tertiary/aromatic N) is 3. The maximum absolute atomic E-state index is 5.72. The van der Waals surface area contributed by atoms with Gasteiger partial charge in [0.15, 0.2) is 11.6 Å². The topological polar surface area (TPSA) is 55.0 Å². The largest absolute Gasteiger partial charge is 0.357 e. The first-order valence-electron chi connectivity index (χ1n) is 7.70. The molecule has 5 heteroatoms. The molecule has 2 aromatic heterocycles. The third-order valence-corrected chi connectivity index (χ3v) is 4.83. The molecule has 0 fully saturated rings. The SMILES string of the molecule is C=C(C=CC)c1nc(N(C)CCN)c2sc(C=CC)c(C)c2n1. The van der Waals surface area contributed by atoms with Gasteiger partial charge in [-0.1, -0.05) is 24.8 Å². The maximum Gasteiger partial charge on any atom is 0.161 e. The number of aromatic nitrogens is 2. The summed E-state index contributed by atoms with van der Waals surface area (Å²) in [7, 11) is 2.02. The molecule has 0 aromatic carbocycles. The fourth-order valence-electron chi connectivity index (χ4n) is 2.38. The van der Waals surface area contributed by atoms with E-state index in [4.69, 9.17) is 15.7 Å². The number of thiophene rings is 1. The summed E-state index contributed by atoms with van der Waals surface area (Å²) in [4.78, 5) is 12.8. The van der Waals surface area contributed by atoms with Gasteiger partial charge in [-0.05, 0) is 32.4 Å². The Hall–Kier alpha value is -1.98. The standard InChI is InChI=1S/C18H24N4S/c1-6-8-12(3)17-20-15-13(4)14(9-7-2)23-16(15)18(21-17)22(5)11-10-19/h6-9H,3,10-11,19H2,1-2,4-5H3. The molecule has 0 aliphatic rings. The fourth-order valence-corrected chi connectivity index (χ4v) is 3.64. The third kappa shape index (κ3) is 3.51. The minimum Gasteiger partial charge on any atom is -0.357 e. The number of hydrogen-bond donors (Lipinski definition) is 1. The normalized spacial score (nSPS) is 11.9. The fraction of sp³-hybridized carbons (Fsp3) is 0.333. The van der Waals surface area contributed by atoms with Gasteiger partial charge < -0.3 is 10.6 Å². The summed E-state index contributed by atoms with van der Waals surface area (Å²) in [5.74, 6) is 1.59. The molecule has 0 atom stereocenters. The molecule has 122 valence electrons. The number of nitrogens with two attached hydrogens (primary N) is 1. The molecular weight excluding hydrogens is 304 g/mol. The van der Waals surface area contributed by atoms with Gasteiger partial charge in [-0.25, -0.2) is 9.97 Å². The van der Waals surface area contributed by atoms with Gasteiger partial charge in [-0.15, -0.1) is 11.3 Å². The van der Waals surface area contributed by atoms with E-state index in [0.717, 1.165) is 28.2 Å². The Morgan fingerprint density at radius 3 is 2.65 bits per heavy atom. The van der Waals surface area contributed by atoms with Crippen molar-refractivity contribution in [2.75, 3.05) is 25.0 Å². The predicted octanol–water partition coefficient (Wildman–Crippen LogP) is 4.02. The van der Waals surface area contributed by atoms with E-state index in [9.17, 15) is 0 Å². The van der Waals surface area contributed by atoms with E-state index in [1.165, 1.54) is 10.4 Å². The van der Waals surface area contributed by atoms with Gasteiger partial charge in [0.25, 0.3) is 0 Å². The van der Waals surface area contributed by atoms with E-state index in [1.807, 2.05) is 39.1 Å². The number of aryl methyl sites for hydroxylation is 1. The zero-order valence-corrected chi connectivity index (χ0v) is 15.1. The number of likely N-dealkylation sites (N-methyl/N-ethyl adjacent to an activating group) is 1. The first kappa shape index (κ1) is 17.4. The van der Waals surface area contributed by atoms with Crippen LogP contribution in [0.4, 0.5) is 5.82 Å². The summed E-state index contributed by atoms with van der Waals surface area (Å²) < 4.78 is 1.10. The van der Waals surface area contributed by atoms with Crippen molar-refractivity contribution in [3.63, 3.8) is 0 Å². The highest BCUT2D eigenvalue weighted by atomic mass is 32.1. The van der Waals surface area contributed by atoms with Crippen LogP contribution in [0.5, 0.6) is 0 Å². The lowest BCUT2D eigenvalue weighted by Crippen LogP contribution is -2.26. The van der Waals surface area contributed by atoms with Crippen molar-refractivity contribution in [1.82, 2.24) is 9.97 Å². The van der Waals surface area contributed by atoms with Crippen molar-refractivity contribution < 1.29 is 0 Å². The van der Waals surface area contributed by atoms with Gasteiger partial charge in [-0.3, -0.25) is 0 Å². The number of allylic oxidation sites excluding steroid dienone is 4. The second-order valence-electron chi connectivity index (χ2n) is 5.38. The lowest BCUT2D eigenvalue weighted by molar-refractivity contribution is 0.869. The summed E-state index contributed by atoms with van der Waals surface area (Å²) >= 11 is 1.72.